The molecular weight excluding hydrogens is 184 g/mol. The van der Waals surface area contributed by atoms with E-state index in [0.717, 1.165) is 0 Å². The molecule has 2 nitrogen and oxygen atoms in total. The van der Waals surface area contributed by atoms with Crippen LogP contribution in [0.25, 0.3) is 5.76 Å². The Labute approximate surface area is 80.4 Å². The fraction of sp³-hybridized carbons (Fsp3) is 0.200. The zero-order valence-electron chi connectivity index (χ0n) is 7.40. The third-order valence-electron chi connectivity index (χ3n) is 1.58. The first kappa shape index (κ1) is 9.99. The molecule has 0 spiro atoms. The van der Waals surface area contributed by atoms with Gasteiger partial charge in [0.1, 0.15) is 0 Å². The zero-order valence-corrected chi connectivity index (χ0v) is 8.21. The Bertz CT molecular complexity index is 317. The maximum atomic E-state index is 11.4. The molecular formula is C10H11O2S-. The molecule has 70 valence electrons. The third-order valence-corrected chi connectivity index (χ3v) is 2.63. The van der Waals surface area contributed by atoms with Crippen molar-refractivity contribution < 1.29 is 9.32 Å². The van der Waals surface area contributed by atoms with Gasteiger partial charge in [0.2, 0.25) is 0 Å². The minimum absolute atomic E-state index is 0.166. The van der Waals surface area contributed by atoms with Crippen molar-refractivity contribution in [2.24, 2.45) is 0 Å². The highest BCUT2D eigenvalue weighted by Gasteiger charge is 1.91. The van der Waals surface area contributed by atoms with Gasteiger partial charge in [-0.3, -0.25) is 4.21 Å². The average molecular weight is 195 g/mol. The molecule has 0 aliphatic carbocycles. The molecule has 13 heavy (non-hydrogen) atoms. The fourth-order valence-electron chi connectivity index (χ4n) is 0.873. The smallest absolute Gasteiger partial charge is 0.0447 e. The van der Waals surface area contributed by atoms with Crippen LogP contribution in [-0.4, -0.2) is 9.96 Å². The molecule has 0 heterocycles. The van der Waals surface area contributed by atoms with Crippen LogP contribution in [0.15, 0.2) is 35.7 Å². The maximum Gasteiger partial charge on any atom is 0.0447 e. The lowest BCUT2D eigenvalue weighted by atomic mass is 10.2. The predicted molar refractivity (Wildman–Crippen MR) is 53.1 cm³/mol. The van der Waals surface area contributed by atoms with Crippen molar-refractivity contribution in [3.63, 3.8) is 0 Å². The zero-order chi connectivity index (χ0) is 9.68. The summed E-state index contributed by atoms with van der Waals surface area (Å²) >= 11 is 0. The number of hydrogen-bond donors (Lipinski definition) is 0. The minimum atomic E-state index is -1.13. The van der Waals surface area contributed by atoms with E-state index in [1.165, 1.54) is 5.41 Å². The molecule has 0 saturated carbocycles. The molecule has 0 bridgehead atoms. The molecule has 1 rings (SSSR count). The van der Waals surface area contributed by atoms with E-state index in [2.05, 4.69) is 0 Å². The molecule has 0 aliphatic heterocycles. The van der Waals surface area contributed by atoms with E-state index in [0.29, 0.717) is 11.3 Å². The van der Waals surface area contributed by atoms with Gasteiger partial charge in [-0.15, -0.1) is 0 Å². The lowest BCUT2D eigenvalue weighted by molar-refractivity contribution is -0.243. The van der Waals surface area contributed by atoms with Crippen molar-refractivity contribution in [2.75, 3.05) is 5.75 Å². The van der Waals surface area contributed by atoms with Crippen LogP contribution in [0.3, 0.4) is 0 Å². The summed E-state index contributed by atoms with van der Waals surface area (Å²) in [6.45, 7) is 1.78. The summed E-state index contributed by atoms with van der Waals surface area (Å²) in [6, 6.07) is 8.84. The lowest BCUT2D eigenvalue weighted by Crippen LogP contribution is -2.03. The highest BCUT2D eigenvalue weighted by Crippen LogP contribution is 2.07. The molecule has 1 atom stereocenters. The highest BCUT2D eigenvalue weighted by atomic mass is 32.2. The van der Waals surface area contributed by atoms with Crippen LogP contribution in [0, 0.1) is 0 Å². The molecule has 0 radical (unpaired) electrons. The monoisotopic (exact) mass is 195 g/mol. The van der Waals surface area contributed by atoms with Gasteiger partial charge in [0, 0.05) is 16.6 Å². The Morgan fingerprint density at radius 2 is 2.08 bits per heavy atom. The van der Waals surface area contributed by atoms with Crippen LogP contribution in [-0.2, 0) is 10.8 Å². The Kier molecular flexibility index (Phi) is 3.71. The van der Waals surface area contributed by atoms with Crippen LogP contribution >= 0.6 is 0 Å². The van der Waals surface area contributed by atoms with Gasteiger partial charge in [0.15, 0.2) is 0 Å². The number of hydrogen-bond acceptors (Lipinski definition) is 2. The lowest BCUT2D eigenvalue weighted by Gasteiger charge is -2.10. The van der Waals surface area contributed by atoms with Gasteiger partial charge in [-0.25, -0.2) is 0 Å². The van der Waals surface area contributed by atoms with E-state index in [1.807, 2.05) is 6.07 Å². The summed E-state index contributed by atoms with van der Waals surface area (Å²) in [5.74, 6) is 0.319. The van der Waals surface area contributed by atoms with Crippen molar-refractivity contribution in [3.8, 4) is 0 Å². The second-order valence-electron chi connectivity index (χ2n) is 2.52. The molecule has 1 aromatic rings. The van der Waals surface area contributed by atoms with Crippen molar-refractivity contribution in [1.82, 2.24) is 0 Å². The van der Waals surface area contributed by atoms with Crippen LogP contribution in [0.1, 0.15) is 12.5 Å². The largest absolute Gasteiger partial charge is 0.872 e. The minimum Gasteiger partial charge on any atom is -0.872 e. The van der Waals surface area contributed by atoms with Gasteiger partial charge in [0.25, 0.3) is 0 Å². The third kappa shape index (κ3) is 3.03. The molecule has 0 aromatic heterocycles. The van der Waals surface area contributed by atoms with Crippen molar-refractivity contribution in [3.05, 3.63) is 41.3 Å². The maximum absolute atomic E-state index is 11.4. The molecule has 0 aliphatic rings. The Balaban J connectivity index is 2.85. The summed E-state index contributed by atoms with van der Waals surface area (Å²) in [5.41, 5.74) is 0.587. The van der Waals surface area contributed by atoms with E-state index in [1.54, 1.807) is 31.2 Å². The van der Waals surface area contributed by atoms with Crippen LogP contribution in [0.5, 0.6) is 0 Å². The fourth-order valence-corrected chi connectivity index (χ4v) is 1.41. The van der Waals surface area contributed by atoms with E-state index in [-0.39, 0.29) is 5.76 Å². The Morgan fingerprint density at radius 1 is 1.46 bits per heavy atom. The van der Waals surface area contributed by atoms with Crippen molar-refractivity contribution in [2.45, 2.75) is 6.92 Å². The van der Waals surface area contributed by atoms with Gasteiger partial charge in [-0.1, -0.05) is 43.0 Å². The first-order valence-corrected chi connectivity index (χ1v) is 5.43. The normalized spacial score (nSPS) is 14.1. The SMILES string of the molecule is CCS(=O)/C=C(\[O-])c1ccccc1. The Morgan fingerprint density at radius 3 is 2.62 bits per heavy atom. The second kappa shape index (κ2) is 4.82. The molecule has 0 fully saturated rings. The van der Waals surface area contributed by atoms with Crippen LogP contribution < -0.4 is 5.11 Å². The van der Waals surface area contributed by atoms with E-state index >= 15 is 0 Å². The van der Waals surface area contributed by atoms with E-state index in [4.69, 9.17) is 0 Å². The second-order valence-corrected chi connectivity index (χ2v) is 4.09. The molecule has 0 N–H and O–H groups in total. The highest BCUT2D eigenvalue weighted by molar-refractivity contribution is 7.88. The summed E-state index contributed by atoms with van der Waals surface area (Å²) < 4.78 is 11.0. The topological polar surface area (TPSA) is 40.1 Å². The summed E-state index contributed by atoms with van der Waals surface area (Å²) in [7, 11) is -1.13. The van der Waals surface area contributed by atoms with Crippen LogP contribution in [0.4, 0.5) is 0 Å². The van der Waals surface area contributed by atoms with Gasteiger partial charge in [-0.05, 0) is 11.0 Å². The summed E-state index contributed by atoms with van der Waals surface area (Å²) in [6.07, 6.45) is 0. The standard InChI is InChI=1S/C10H12O2S/c1-2-13(12)8-10(11)9-6-4-3-5-7-9/h3-8,11H,2H2,1H3/p-1/b10-8-. The molecule has 1 unspecified atom stereocenters. The van der Waals surface area contributed by atoms with Gasteiger partial charge >= 0.3 is 0 Å². The van der Waals surface area contributed by atoms with Crippen LogP contribution in [0.2, 0.25) is 0 Å². The molecule has 0 amide bonds. The molecule has 1 aromatic carbocycles. The average Bonchev–Trinajstić information content (AvgIpc) is 2.19. The van der Waals surface area contributed by atoms with E-state index < -0.39 is 10.8 Å². The van der Waals surface area contributed by atoms with E-state index in [9.17, 15) is 9.32 Å². The molecule has 0 saturated heterocycles. The van der Waals surface area contributed by atoms with Crippen molar-refractivity contribution >= 4 is 16.6 Å². The number of benzene rings is 1. The first-order chi connectivity index (χ1) is 6.24. The summed E-state index contributed by atoms with van der Waals surface area (Å²) in [5, 5.41) is 12.6. The number of rotatable bonds is 3. The van der Waals surface area contributed by atoms with Gasteiger partial charge in [0.05, 0.1) is 0 Å². The predicted octanol–water partition coefficient (Wildman–Crippen LogP) is 1.11. The quantitative estimate of drug-likeness (QED) is 0.678. The van der Waals surface area contributed by atoms with Gasteiger partial charge in [-0.2, -0.15) is 0 Å². The first-order valence-electron chi connectivity index (χ1n) is 4.05. The summed E-state index contributed by atoms with van der Waals surface area (Å²) in [4.78, 5) is 0. The van der Waals surface area contributed by atoms with Gasteiger partial charge < -0.3 is 5.11 Å². The molecule has 3 heteroatoms. The Hall–Kier alpha value is -1.09. The van der Waals surface area contributed by atoms with Crippen molar-refractivity contribution in [1.29, 1.82) is 0 Å².